The third-order valence-electron chi connectivity index (χ3n) is 9.79. The number of aromatic nitrogens is 1. The van der Waals surface area contributed by atoms with Crippen LogP contribution in [0.5, 0.6) is 0 Å². The Kier molecular flexibility index (Phi) is 10.4. The van der Waals surface area contributed by atoms with Crippen LogP contribution in [0.25, 0.3) is 11.1 Å². The van der Waals surface area contributed by atoms with Crippen molar-refractivity contribution in [3.63, 3.8) is 0 Å². The van der Waals surface area contributed by atoms with Crippen molar-refractivity contribution in [2.24, 2.45) is 4.99 Å². The van der Waals surface area contributed by atoms with Gasteiger partial charge in [0.2, 0.25) is 0 Å². The number of hydrogen-bond donors (Lipinski definition) is 1. The Morgan fingerprint density at radius 3 is 1.87 bits per heavy atom. The van der Waals surface area contributed by atoms with Gasteiger partial charge in [-0.15, -0.1) is 0 Å². The van der Waals surface area contributed by atoms with E-state index >= 15 is 0 Å². The number of fused-ring (bicyclic) bond motifs is 1. The van der Waals surface area contributed by atoms with Crippen LogP contribution in [0.15, 0.2) is 163 Å². The van der Waals surface area contributed by atoms with Gasteiger partial charge in [0.15, 0.2) is 6.23 Å². The van der Waals surface area contributed by atoms with E-state index < -0.39 is 24.0 Å². The molecule has 8 heteroatoms. The minimum Gasteiger partial charge on any atom is -0.374 e. The molecule has 0 bridgehead atoms. The van der Waals surface area contributed by atoms with E-state index in [2.05, 4.69) is 83.8 Å². The lowest BCUT2D eigenvalue weighted by Gasteiger charge is -2.31. The van der Waals surface area contributed by atoms with Gasteiger partial charge in [0.05, 0.1) is 38.7 Å². The highest BCUT2D eigenvalue weighted by atomic mass is 16.6. The molecule has 4 atom stereocenters. The minimum atomic E-state index is -0.862. The molecule has 2 aliphatic rings. The Bertz CT molecular complexity index is 2080. The SMILES string of the molecule is C[C@]1(COCc2ccccc2)O[C@@H](n2cc(-c3ccccc3)c3c2N=CN(Nc2ccccc2)C3)[C@H](OCc2ccccc2)[C@@H]1OCc1ccccc1. The van der Waals surface area contributed by atoms with Gasteiger partial charge in [-0.2, -0.15) is 0 Å². The summed E-state index contributed by atoms with van der Waals surface area (Å²) in [6.45, 7) is 4.23. The zero-order chi connectivity index (χ0) is 35.9. The molecular formula is C45H44N4O4. The second-order valence-electron chi connectivity index (χ2n) is 13.7. The predicted molar refractivity (Wildman–Crippen MR) is 208 cm³/mol. The van der Waals surface area contributed by atoms with Crippen LogP contribution in [0.4, 0.5) is 11.5 Å². The van der Waals surface area contributed by atoms with Crippen molar-refractivity contribution in [1.82, 2.24) is 9.58 Å². The molecular weight excluding hydrogens is 661 g/mol. The number of hydrazine groups is 1. The Morgan fingerprint density at radius 2 is 1.25 bits per heavy atom. The van der Waals surface area contributed by atoms with E-state index in [4.69, 9.17) is 23.9 Å². The van der Waals surface area contributed by atoms with Gasteiger partial charge < -0.3 is 23.5 Å². The van der Waals surface area contributed by atoms with Crippen molar-refractivity contribution in [2.45, 2.75) is 57.3 Å². The van der Waals surface area contributed by atoms with Crippen LogP contribution < -0.4 is 5.43 Å². The first kappa shape index (κ1) is 34.6. The summed E-state index contributed by atoms with van der Waals surface area (Å²) >= 11 is 0. The monoisotopic (exact) mass is 704 g/mol. The van der Waals surface area contributed by atoms with Crippen molar-refractivity contribution in [2.75, 3.05) is 12.0 Å². The van der Waals surface area contributed by atoms with Crippen LogP contribution in [0.2, 0.25) is 0 Å². The van der Waals surface area contributed by atoms with Gasteiger partial charge in [-0.3, -0.25) is 10.4 Å². The van der Waals surface area contributed by atoms with Crippen LogP contribution in [0.1, 0.15) is 35.4 Å². The fourth-order valence-electron chi connectivity index (χ4n) is 7.15. The van der Waals surface area contributed by atoms with Crippen LogP contribution in [0.3, 0.4) is 0 Å². The first-order chi connectivity index (χ1) is 26.1. The molecule has 1 aromatic heterocycles. The molecule has 53 heavy (non-hydrogen) atoms. The van der Waals surface area contributed by atoms with Crippen molar-refractivity contribution in [3.8, 4) is 11.1 Å². The molecule has 3 heterocycles. The summed E-state index contributed by atoms with van der Waals surface area (Å²) < 4.78 is 29.6. The van der Waals surface area contributed by atoms with Gasteiger partial charge in [-0.1, -0.05) is 140 Å². The second-order valence-corrected chi connectivity index (χ2v) is 13.7. The first-order valence-electron chi connectivity index (χ1n) is 18.2. The van der Waals surface area contributed by atoms with E-state index in [9.17, 15) is 0 Å². The zero-order valence-electron chi connectivity index (χ0n) is 29.8. The number of rotatable bonds is 14. The maximum Gasteiger partial charge on any atom is 0.165 e. The molecule has 1 N–H and O–H groups in total. The summed E-state index contributed by atoms with van der Waals surface area (Å²) in [5.41, 5.74) is 10.1. The number of anilines is 1. The number of para-hydroxylation sites is 1. The molecule has 8 nitrogen and oxygen atoms in total. The van der Waals surface area contributed by atoms with E-state index in [-0.39, 0.29) is 0 Å². The smallest absolute Gasteiger partial charge is 0.165 e. The summed E-state index contributed by atoms with van der Waals surface area (Å²) in [5, 5.41) is 2.01. The fraction of sp³-hybridized carbons (Fsp3) is 0.222. The molecule has 5 aromatic carbocycles. The van der Waals surface area contributed by atoms with E-state index in [1.807, 2.05) is 102 Å². The maximum absolute atomic E-state index is 7.20. The standard InChI is InChI=1S/C45H44N4O4/c1-45(32-50-29-34-17-7-2-8-18-34)42(52-31-36-21-11-4-12-22-36)41(51-30-35-19-9-3-10-20-35)44(53-45)49-28-39(37-23-13-5-14-24-37)40-27-48(33-46-43(40)49)47-38-25-15-6-16-26-38/h2-26,28,33,41-42,44,47H,27,29-32H2,1H3/t41-,42+,44-,45-/m1/s1. The van der Waals surface area contributed by atoms with Crippen molar-refractivity contribution < 1.29 is 18.9 Å². The quantitative estimate of drug-likeness (QED) is 0.122. The molecule has 6 aromatic rings. The molecule has 0 saturated carbocycles. The molecule has 0 aliphatic carbocycles. The largest absolute Gasteiger partial charge is 0.374 e. The fourth-order valence-corrected chi connectivity index (χ4v) is 7.15. The molecule has 0 amide bonds. The van der Waals surface area contributed by atoms with Gasteiger partial charge in [-0.05, 0) is 41.3 Å². The number of aliphatic imine (C=N–C) groups is 1. The topological polar surface area (TPSA) is 69.5 Å². The number of nitrogens with one attached hydrogen (secondary N) is 1. The Labute approximate surface area is 311 Å². The summed E-state index contributed by atoms with van der Waals surface area (Å²) in [7, 11) is 0. The Balaban J connectivity index is 1.17. The molecule has 0 radical (unpaired) electrons. The third kappa shape index (κ3) is 7.96. The highest BCUT2D eigenvalue weighted by Gasteiger charge is 2.55. The lowest BCUT2D eigenvalue weighted by Crippen LogP contribution is -2.46. The molecule has 0 unspecified atom stereocenters. The average Bonchev–Trinajstić information content (AvgIpc) is 3.72. The van der Waals surface area contributed by atoms with Crippen LogP contribution in [0, 0.1) is 0 Å². The van der Waals surface area contributed by atoms with Gasteiger partial charge in [0, 0.05) is 17.3 Å². The predicted octanol–water partition coefficient (Wildman–Crippen LogP) is 9.33. The first-order valence-corrected chi connectivity index (χ1v) is 18.2. The van der Waals surface area contributed by atoms with E-state index in [1.54, 1.807) is 0 Å². The van der Waals surface area contributed by atoms with Crippen molar-refractivity contribution >= 4 is 17.8 Å². The summed E-state index contributed by atoms with van der Waals surface area (Å²) in [6.07, 6.45) is 2.47. The van der Waals surface area contributed by atoms with E-state index in [1.165, 1.54) is 0 Å². The number of hydrogen-bond acceptors (Lipinski definition) is 7. The summed E-state index contributed by atoms with van der Waals surface area (Å²) in [5.74, 6) is 0.824. The summed E-state index contributed by atoms with van der Waals surface area (Å²) in [4.78, 5) is 5.08. The minimum absolute atomic E-state index is 0.302. The highest BCUT2D eigenvalue weighted by molar-refractivity contribution is 5.77. The lowest BCUT2D eigenvalue weighted by molar-refractivity contribution is -0.146. The Morgan fingerprint density at radius 1 is 0.698 bits per heavy atom. The summed E-state index contributed by atoms with van der Waals surface area (Å²) in [6, 6.07) is 51.3. The molecule has 268 valence electrons. The normalized spacial score (nSPS) is 20.7. The molecule has 8 rings (SSSR count). The number of ether oxygens (including phenoxy) is 4. The number of nitrogens with zero attached hydrogens (tertiary/aromatic N) is 3. The molecule has 1 fully saturated rings. The van der Waals surface area contributed by atoms with Crippen LogP contribution in [-0.4, -0.2) is 40.3 Å². The maximum atomic E-state index is 7.20. The average molecular weight is 705 g/mol. The molecule has 1 saturated heterocycles. The van der Waals surface area contributed by atoms with Crippen molar-refractivity contribution in [1.29, 1.82) is 0 Å². The van der Waals surface area contributed by atoms with Crippen LogP contribution >= 0.6 is 0 Å². The van der Waals surface area contributed by atoms with Crippen LogP contribution in [-0.2, 0) is 45.3 Å². The molecule has 0 spiro atoms. The zero-order valence-corrected chi connectivity index (χ0v) is 29.8. The van der Waals surface area contributed by atoms with Crippen molar-refractivity contribution in [3.05, 3.63) is 180 Å². The van der Waals surface area contributed by atoms with Gasteiger partial charge in [0.1, 0.15) is 30.0 Å². The number of benzene rings is 5. The molecule has 2 aliphatic heterocycles. The third-order valence-corrected chi connectivity index (χ3v) is 9.79. The van der Waals surface area contributed by atoms with Gasteiger partial charge in [-0.25, -0.2) is 4.99 Å². The Hall–Kier alpha value is -5.51. The lowest BCUT2D eigenvalue weighted by atomic mass is 9.97. The highest BCUT2D eigenvalue weighted by Crippen LogP contribution is 2.47. The van der Waals surface area contributed by atoms with Gasteiger partial charge in [0.25, 0.3) is 0 Å². The van der Waals surface area contributed by atoms with E-state index in [0.717, 1.165) is 44.9 Å². The van der Waals surface area contributed by atoms with E-state index in [0.29, 0.717) is 33.0 Å². The second kappa shape index (κ2) is 16.0. The van der Waals surface area contributed by atoms with Gasteiger partial charge >= 0.3 is 0 Å².